The molecule has 2 N–H and O–H groups in total. The van der Waals surface area contributed by atoms with Crippen LogP contribution in [0.5, 0.6) is 5.75 Å². The summed E-state index contributed by atoms with van der Waals surface area (Å²) >= 11 is 0. The number of carbonyl (C=O) groups is 1. The van der Waals surface area contributed by atoms with Gasteiger partial charge in [-0.25, -0.2) is 4.79 Å². The second-order valence-corrected chi connectivity index (χ2v) is 4.57. The maximum Gasteiger partial charge on any atom is 0.321 e. The molecule has 2 aromatic rings. The Bertz CT molecular complexity index is 597. The molecule has 110 valence electrons. The number of hydrogen-bond acceptors (Lipinski definition) is 3. The second-order valence-electron chi connectivity index (χ2n) is 4.57. The van der Waals surface area contributed by atoms with E-state index in [1.807, 2.05) is 37.3 Å². The van der Waals surface area contributed by atoms with Crippen molar-refractivity contribution in [1.29, 1.82) is 0 Å². The van der Waals surface area contributed by atoms with Crippen LogP contribution >= 0.6 is 0 Å². The molecule has 1 aromatic carbocycles. The van der Waals surface area contributed by atoms with E-state index >= 15 is 0 Å². The third kappa shape index (κ3) is 4.49. The first-order valence-electron chi connectivity index (χ1n) is 6.87. The quantitative estimate of drug-likeness (QED) is 0.830. The van der Waals surface area contributed by atoms with Gasteiger partial charge in [-0.2, -0.15) is 0 Å². The fourth-order valence-corrected chi connectivity index (χ4v) is 1.83. The van der Waals surface area contributed by atoms with Gasteiger partial charge in [-0.05, 0) is 37.1 Å². The van der Waals surface area contributed by atoms with Gasteiger partial charge in [0.2, 0.25) is 0 Å². The van der Waals surface area contributed by atoms with Crippen LogP contribution in [0.2, 0.25) is 0 Å². The van der Waals surface area contributed by atoms with Crippen molar-refractivity contribution in [3.8, 4) is 5.75 Å². The van der Waals surface area contributed by atoms with Crippen LogP contribution in [0, 0.1) is 6.92 Å². The zero-order valence-electron chi connectivity index (χ0n) is 12.2. The van der Waals surface area contributed by atoms with Gasteiger partial charge in [-0.15, -0.1) is 0 Å². The summed E-state index contributed by atoms with van der Waals surface area (Å²) in [6.45, 7) is 4.07. The van der Waals surface area contributed by atoms with E-state index in [9.17, 15) is 4.79 Å². The predicted molar refractivity (Wildman–Crippen MR) is 82.4 cm³/mol. The Morgan fingerprint density at radius 2 is 2.05 bits per heavy atom. The van der Waals surface area contributed by atoms with Crippen molar-refractivity contribution < 1.29 is 9.53 Å². The van der Waals surface area contributed by atoms with Gasteiger partial charge in [0.15, 0.2) is 6.73 Å². The van der Waals surface area contributed by atoms with Crippen molar-refractivity contribution >= 4 is 11.7 Å². The number of urea groups is 1. The molecule has 21 heavy (non-hydrogen) atoms. The molecule has 0 atom stereocenters. The molecular weight excluding hydrogens is 266 g/mol. The number of nitrogens with one attached hydrogen (secondary N) is 2. The molecule has 0 radical (unpaired) electrons. The van der Waals surface area contributed by atoms with Crippen molar-refractivity contribution in [2.75, 3.05) is 12.0 Å². The van der Waals surface area contributed by atoms with E-state index in [4.69, 9.17) is 4.74 Å². The number of hydrogen-bond donors (Lipinski definition) is 2. The summed E-state index contributed by atoms with van der Waals surface area (Å²) in [4.78, 5) is 15.8. The lowest BCUT2D eigenvalue weighted by Crippen LogP contribution is -2.32. The Labute approximate surface area is 124 Å². The average Bonchev–Trinajstić information content (AvgIpc) is 2.50. The molecule has 5 nitrogen and oxygen atoms in total. The number of ether oxygens (including phenoxy) is 1. The minimum Gasteiger partial charge on any atom is -0.473 e. The van der Waals surface area contributed by atoms with E-state index < -0.39 is 0 Å². The maximum atomic E-state index is 11.7. The van der Waals surface area contributed by atoms with E-state index in [1.54, 1.807) is 12.3 Å². The van der Waals surface area contributed by atoms with Crippen LogP contribution in [0.15, 0.2) is 42.6 Å². The molecule has 0 spiro atoms. The zero-order chi connectivity index (χ0) is 15.1. The highest BCUT2D eigenvalue weighted by Crippen LogP contribution is 2.17. The van der Waals surface area contributed by atoms with Gasteiger partial charge in [0.05, 0.1) is 11.9 Å². The molecule has 0 fully saturated rings. The fourth-order valence-electron chi connectivity index (χ4n) is 1.83. The lowest BCUT2D eigenvalue weighted by atomic mass is 10.1. The third-order valence-electron chi connectivity index (χ3n) is 2.98. The normalized spacial score (nSPS) is 10.0. The minimum atomic E-state index is -0.324. The summed E-state index contributed by atoms with van der Waals surface area (Å²) in [5.41, 5.74) is 2.66. The third-order valence-corrected chi connectivity index (χ3v) is 2.98. The summed E-state index contributed by atoms with van der Waals surface area (Å²) in [5.74, 6) is 0.789. The first kappa shape index (κ1) is 14.8. The fraction of sp³-hybridized carbons (Fsp3) is 0.250. The topological polar surface area (TPSA) is 63.2 Å². The predicted octanol–water partition coefficient (Wildman–Crippen LogP) is 3.11. The number of anilines is 1. The molecule has 2 amide bonds. The van der Waals surface area contributed by atoms with Crippen molar-refractivity contribution in [2.24, 2.45) is 0 Å². The Kier molecular flexibility index (Phi) is 5.15. The first-order chi connectivity index (χ1) is 10.2. The molecule has 1 aromatic heterocycles. The average molecular weight is 285 g/mol. The summed E-state index contributed by atoms with van der Waals surface area (Å²) < 4.78 is 5.57. The molecule has 5 heteroatoms. The number of aryl methyl sites for hydroxylation is 2. The highest BCUT2D eigenvalue weighted by atomic mass is 16.5. The Morgan fingerprint density at radius 3 is 2.76 bits per heavy atom. The van der Waals surface area contributed by atoms with Crippen LogP contribution in [0.1, 0.15) is 18.2 Å². The van der Waals surface area contributed by atoms with Crippen molar-refractivity contribution in [2.45, 2.75) is 20.3 Å². The zero-order valence-corrected chi connectivity index (χ0v) is 12.2. The van der Waals surface area contributed by atoms with Crippen molar-refractivity contribution in [3.05, 3.63) is 53.9 Å². The van der Waals surface area contributed by atoms with Crippen LogP contribution in [0.3, 0.4) is 0 Å². The Morgan fingerprint density at radius 1 is 1.24 bits per heavy atom. The number of aromatic nitrogens is 1. The summed E-state index contributed by atoms with van der Waals surface area (Å²) in [7, 11) is 0. The van der Waals surface area contributed by atoms with Crippen LogP contribution < -0.4 is 15.4 Å². The van der Waals surface area contributed by atoms with Crippen molar-refractivity contribution in [1.82, 2.24) is 10.3 Å². The summed E-state index contributed by atoms with van der Waals surface area (Å²) in [5, 5.41) is 5.34. The molecule has 0 aliphatic heterocycles. The summed E-state index contributed by atoms with van der Waals surface area (Å²) in [6.07, 6.45) is 2.50. The van der Waals surface area contributed by atoms with Crippen LogP contribution in [-0.2, 0) is 6.42 Å². The molecule has 0 unspecified atom stereocenters. The molecule has 0 saturated heterocycles. The van der Waals surface area contributed by atoms with Crippen LogP contribution in [-0.4, -0.2) is 17.7 Å². The van der Waals surface area contributed by atoms with Crippen molar-refractivity contribution in [3.63, 3.8) is 0 Å². The molecule has 1 heterocycles. The lowest BCUT2D eigenvalue weighted by Gasteiger charge is -2.11. The van der Waals surface area contributed by atoms with Crippen LogP contribution in [0.4, 0.5) is 10.5 Å². The standard InChI is InChI=1S/C16H19N3O2/c1-3-13-6-4-5-7-15(13)21-11-18-16(20)19-14-9-8-12(2)17-10-14/h4-10H,3,11H2,1-2H3,(H2,18,19,20). The highest BCUT2D eigenvalue weighted by Gasteiger charge is 2.03. The number of rotatable bonds is 5. The molecule has 2 rings (SSSR count). The van der Waals surface area contributed by atoms with Gasteiger partial charge in [0, 0.05) is 5.69 Å². The van der Waals surface area contributed by atoms with E-state index in [0.717, 1.165) is 23.4 Å². The number of carbonyl (C=O) groups excluding carboxylic acids is 1. The van der Waals surface area contributed by atoms with Gasteiger partial charge < -0.3 is 15.4 Å². The second kappa shape index (κ2) is 7.28. The molecular formula is C16H19N3O2. The van der Waals surface area contributed by atoms with Gasteiger partial charge in [-0.1, -0.05) is 25.1 Å². The largest absolute Gasteiger partial charge is 0.473 e. The smallest absolute Gasteiger partial charge is 0.321 e. The number of amides is 2. The van der Waals surface area contributed by atoms with Gasteiger partial charge in [0.1, 0.15) is 5.75 Å². The minimum absolute atomic E-state index is 0.113. The maximum absolute atomic E-state index is 11.7. The monoisotopic (exact) mass is 285 g/mol. The van der Waals surface area contributed by atoms with Gasteiger partial charge >= 0.3 is 6.03 Å². The Hall–Kier alpha value is -2.56. The number of benzene rings is 1. The summed E-state index contributed by atoms with van der Waals surface area (Å²) in [6, 6.07) is 11.1. The molecule has 0 bridgehead atoms. The molecule has 0 saturated carbocycles. The number of nitrogens with zero attached hydrogens (tertiary/aromatic N) is 1. The van der Waals surface area contributed by atoms with E-state index in [-0.39, 0.29) is 12.8 Å². The van der Waals surface area contributed by atoms with E-state index in [2.05, 4.69) is 22.5 Å². The molecule has 0 aliphatic rings. The van der Waals surface area contributed by atoms with Gasteiger partial charge in [-0.3, -0.25) is 4.98 Å². The van der Waals surface area contributed by atoms with E-state index in [0.29, 0.717) is 5.69 Å². The Balaban J connectivity index is 1.80. The number of pyridine rings is 1. The van der Waals surface area contributed by atoms with Crippen LogP contribution in [0.25, 0.3) is 0 Å². The highest BCUT2D eigenvalue weighted by molar-refractivity contribution is 5.88. The molecule has 0 aliphatic carbocycles. The lowest BCUT2D eigenvalue weighted by molar-refractivity contribution is 0.234. The van der Waals surface area contributed by atoms with Gasteiger partial charge in [0.25, 0.3) is 0 Å². The van der Waals surface area contributed by atoms with E-state index in [1.165, 1.54) is 0 Å². The first-order valence-corrected chi connectivity index (χ1v) is 6.87. The SMILES string of the molecule is CCc1ccccc1OCNC(=O)Nc1ccc(C)nc1. The number of para-hydroxylation sites is 1.